The number of rotatable bonds is 6. The lowest BCUT2D eigenvalue weighted by Crippen LogP contribution is -2.32. The third kappa shape index (κ3) is 4.90. The summed E-state index contributed by atoms with van der Waals surface area (Å²) in [7, 11) is 1.33. The Balaban J connectivity index is 2.04. The van der Waals surface area contributed by atoms with Crippen molar-refractivity contribution in [2.24, 2.45) is 11.8 Å². The molecule has 1 N–H and O–H groups in total. The molecular weight excluding hydrogens is 374 g/mol. The summed E-state index contributed by atoms with van der Waals surface area (Å²) in [6.45, 7) is 1.88. The predicted octanol–water partition coefficient (Wildman–Crippen LogP) is 3.17. The van der Waals surface area contributed by atoms with Crippen molar-refractivity contribution in [3.63, 3.8) is 0 Å². The van der Waals surface area contributed by atoms with E-state index < -0.39 is 6.04 Å². The normalized spacial score (nSPS) is 21.4. The van der Waals surface area contributed by atoms with Gasteiger partial charge in [-0.05, 0) is 30.0 Å². The minimum Gasteiger partial charge on any atom is -0.469 e. The number of hydrogen-bond donors (Lipinski definition) is 1. The van der Waals surface area contributed by atoms with Gasteiger partial charge in [-0.15, -0.1) is 0 Å². The van der Waals surface area contributed by atoms with E-state index >= 15 is 0 Å². The Labute approximate surface area is 150 Å². The van der Waals surface area contributed by atoms with E-state index in [1.165, 1.54) is 7.11 Å². The summed E-state index contributed by atoms with van der Waals surface area (Å²) in [4.78, 5) is 35.7. The molecule has 1 saturated carbocycles. The second-order valence-corrected chi connectivity index (χ2v) is 7.13. The van der Waals surface area contributed by atoms with E-state index in [4.69, 9.17) is 4.74 Å². The van der Waals surface area contributed by atoms with Crippen LogP contribution in [0.15, 0.2) is 28.7 Å². The van der Waals surface area contributed by atoms with Crippen molar-refractivity contribution in [2.45, 2.75) is 38.6 Å². The maximum atomic E-state index is 12.4. The lowest BCUT2D eigenvalue weighted by atomic mass is 9.93. The standard InChI is InChI=1S/C18H22BrNO4/c1-11-13(5-8-16(11)21)9-17(22)20-15(10-18(23)24-2)12-3-6-14(19)7-4-12/h3-4,6-7,11,13,15H,5,8-10H2,1-2H3,(H,20,22)/t11-,13-,15+/m1/s1. The first-order valence-electron chi connectivity index (χ1n) is 8.05. The smallest absolute Gasteiger partial charge is 0.307 e. The SMILES string of the molecule is COC(=O)C[C@H](NC(=O)C[C@H]1CCC(=O)[C@@H]1C)c1ccc(Br)cc1. The lowest BCUT2D eigenvalue weighted by Gasteiger charge is -2.20. The van der Waals surface area contributed by atoms with Gasteiger partial charge in [0, 0.05) is 23.2 Å². The van der Waals surface area contributed by atoms with Gasteiger partial charge in [0.1, 0.15) is 5.78 Å². The molecule has 130 valence electrons. The van der Waals surface area contributed by atoms with Crippen LogP contribution in [0.25, 0.3) is 0 Å². The molecule has 0 heterocycles. The molecule has 1 amide bonds. The third-order valence-electron chi connectivity index (χ3n) is 4.63. The first-order chi connectivity index (χ1) is 11.4. The summed E-state index contributed by atoms with van der Waals surface area (Å²) in [6, 6.07) is 7.01. The Bertz CT molecular complexity index is 614. The van der Waals surface area contributed by atoms with Crippen molar-refractivity contribution < 1.29 is 19.1 Å². The maximum Gasteiger partial charge on any atom is 0.307 e. The molecule has 0 bridgehead atoms. The fourth-order valence-electron chi connectivity index (χ4n) is 3.04. The molecule has 1 aliphatic rings. The van der Waals surface area contributed by atoms with Crippen LogP contribution in [0.1, 0.15) is 44.2 Å². The van der Waals surface area contributed by atoms with Gasteiger partial charge in [0.15, 0.2) is 0 Å². The van der Waals surface area contributed by atoms with Crippen LogP contribution in [0, 0.1) is 11.8 Å². The van der Waals surface area contributed by atoms with E-state index in [0.29, 0.717) is 12.8 Å². The number of amides is 1. The highest BCUT2D eigenvalue weighted by Gasteiger charge is 2.32. The lowest BCUT2D eigenvalue weighted by molar-refractivity contribution is -0.141. The monoisotopic (exact) mass is 395 g/mol. The molecule has 0 unspecified atom stereocenters. The highest BCUT2D eigenvalue weighted by molar-refractivity contribution is 9.10. The first kappa shape index (κ1) is 18.6. The Kier molecular flexibility index (Phi) is 6.54. The zero-order valence-electron chi connectivity index (χ0n) is 13.9. The van der Waals surface area contributed by atoms with E-state index in [2.05, 4.69) is 21.2 Å². The Morgan fingerprint density at radius 3 is 2.54 bits per heavy atom. The zero-order valence-corrected chi connectivity index (χ0v) is 15.5. The van der Waals surface area contributed by atoms with Crippen LogP contribution in [-0.4, -0.2) is 24.8 Å². The minimum absolute atomic E-state index is 0.0671. The summed E-state index contributed by atoms with van der Waals surface area (Å²) in [5.41, 5.74) is 0.840. The van der Waals surface area contributed by atoms with Crippen LogP contribution in [0.3, 0.4) is 0 Å². The Morgan fingerprint density at radius 1 is 1.33 bits per heavy atom. The summed E-state index contributed by atoms with van der Waals surface area (Å²) >= 11 is 3.37. The molecule has 0 spiro atoms. The number of ether oxygens (including phenoxy) is 1. The number of carbonyl (C=O) groups excluding carboxylic acids is 3. The number of ketones is 1. The molecule has 0 radical (unpaired) electrons. The molecule has 1 aromatic rings. The average Bonchev–Trinajstić information content (AvgIpc) is 2.86. The number of esters is 1. The van der Waals surface area contributed by atoms with Crippen LogP contribution in [0.2, 0.25) is 0 Å². The largest absolute Gasteiger partial charge is 0.469 e. The molecule has 6 heteroatoms. The van der Waals surface area contributed by atoms with E-state index in [1.807, 2.05) is 31.2 Å². The second-order valence-electron chi connectivity index (χ2n) is 6.21. The van der Waals surface area contributed by atoms with Crippen molar-refractivity contribution in [3.8, 4) is 0 Å². The minimum atomic E-state index is -0.439. The van der Waals surface area contributed by atoms with Gasteiger partial charge in [-0.1, -0.05) is 35.0 Å². The average molecular weight is 396 g/mol. The molecule has 0 aliphatic heterocycles. The van der Waals surface area contributed by atoms with E-state index in [0.717, 1.165) is 16.5 Å². The Morgan fingerprint density at radius 2 is 2.00 bits per heavy atom. The zero-order chi connectivity index (χ0) is 17.7. The number of benzene rings is 1. The summed E-state index contributed by atoms with van der Waals surface area (Å²) in [6.07, 6.45) is 1.69. The number of Topliss-reactive ketones (excluding diaryl/α,β-unsaturated/α-hetero) is 1. The van der Waals surface area contributed by atoms with Gasteiger partial charge < -0.3 is 10.1 Å². The predicted molar refractivity (Wildman–Crippen MR) is 93.2 cm³/mol. The van der Waals surface area contributed by atoms with Gasteiger partial charge in [-0.3, -0.25) is 14.4 Å². The molecule has 3 atom stereocenters. The first-order valence-corrected chi connectivity index (χ1v) is 8.84. The van der Waals surface area contributed by atoms with Gasteiger partial charge in [-0.2, -0.15) is 0 Å². The van der Waals surface area contributed by atoms with Crippen molar-refractivity contribution in [1.82, 2.24) is 5.32 Å². The number of halogens is 1. The second kappa shape index (κ2) is 8.42. The molecular formula is C18H22BrNO4. The molecule has 1 fully saturated rings. The number of hydrogen-bond acceptors (Lipinski definition) is 4. The van der Waals surface area contributed by atoms with Gasteiger partial charge in [0.05, 0.1) is 19.6 Å². The molecule has 2 rings (SSSR count). The van der Waals surface area contributed by atoms with Crippen LogP contribution >= 0.6 is 15.9 Å². The van der Waals surface area contributed by atoms with Crippen LogP contribution < -0.4 is 5.32 Å². The van der Waals surface area contributed by atoms with Crippen molar-refractivity contribution in [2.75, 3.05) is 7.11 Å². The topological polar surface area (TPSA) is 72.5 Å². The summed E-state index contributed by atoms with van der Waals surface area (Å²) in [5, 5.41) is 2.91. The van der Waals surface area contributed by atoms with E-state index in [9.17, 15) is 14.4 Å². The van der Waals surface area contributed by atoms with Gasteiger partial charge in [0.2, 0.25) is 5.91 Å². The Hall–Kier alpha value is -1.69. The molecule has 0 saturated heterocycles. The fraction of sp³-hybridized carbons (Fsp3) is 0.500. The van der Waals surface area contributed by atoms with Crippen LogP contribution in [0.5, 0.6) is 0 Å². The molecule has 0 aromatic heterocycles. The number of methoxy groups -OCH3 is 1. The molecule has 1 aliphatic carbocycles. The van der Waals surface area contributed by atoms with Gasteiger partial charge in [0.25, 0.3) is 0 Å². The summed E-state index contributed by atoms with van der Waals surface area (Å²) < 4.78 is 5.65. The van der Waals surface area contributed by atoms with E-state index in [1.54, 1.807) is 0 Å². The highest BCUT2D eigenvalue weighted by atomic mass is 79.9. The molecule has 24 heavy (non-hydrogen) atoms. The number of carbonyl (C=O) groups is 3. The van der Waals surface area contributed by atoms with Gasteiger partial charge >= 0.3 is 5.97 Å². The quantitative estimate of drug-likeness (QED) is 0.750. The molecule has 5 nitrogen and oxygen atoms in total. The van der Waals surface area contributed by atoms with Crippen LogP contribution in [0.4, 0.5) is 0 Å². The van der Waals surface area contributed by atoms with Crippen molar-refractivity contribution in [3.05, 3.63) is 34.3 Å². The third-order valence-corrected chi connectivity index (χ3v) is 5.16. The van der Waals surface area contributed by atoms with E-state index in [-0.39, 0.29) is 35.9 Å². The number of nitrogens with one attached hydrogen (secondary N) is 1. The maximum absolute atomic E-state index is 12.4. The highest BCUT2D eigenvalue weighted by Crippen LogP contribution is 2.31. The van der Waals surface area contributed by atoms with Crippen molar-refractivity contribution in [1.29, 1.82) is 0 Å². The molecule has 1 aromatic carbocycles. The summed E-state index contributed by atoms with van der Waals surface area (Å²) in [5.74, 6) is -0.276. The van der Waals surface area contributed by atoms with Crippen LogP contribution in [-0.2, 0) is 19.1 Å². The van der Waals surface area contributed by atoms with Gasteiger partial charge in [-0.25, -0.2) is 0 Å². The fourth-order valence-corrected chi connectivity index (χ4v) is 3.30. The van der Waals surface area contributed by atoms with Crippen molar-refractivity contribution >= 4 is 33.6 Å².